The van der Waals surface area contributed by atoms with Gasteiger partial charge in [0.1, 0.15) is 0 Å². The van der Waals surface area contributed by atoms with E-state index in [1.165, 1.54) is 64.5 Å². The fraction of sp³-hybridized carbons (Fsp3) is 1.00. The number of hydrogen-bond acceptors (Lipinski definition) is 3. The number of piperidine rings is 1. The standard InChI is InChI=1S/C16H32N2O/c1-17(2)15-7-11-18(12-8-15)13-16(14-19)9-5-3-4-6-10-16/h15,19H,3-14H2,1-2H3. The summed E-state index contributed by atoms with van der Waals surface area (Å²) >= 11 is 0. The molecule has 2 rings (SSSR count). The molecule has 2 fully saturated rings. The highest BCUT2D eigenvalue weighted by molar-refractivity contribution is 4.87. The van der Waals surface area contributed by atoms with E-state index in [0.717, 1.165) is 12.6 Å². The van der Waals surface area contributed by atoms with Crippen molar-refractivity contribution in [3.05, 3.63) is 0 Å². The maximum absolute atomic E-state index is 9.90. The summed E-state index contributed by atoms with van der Waals surface area (Å²) in [6, 6.07) is 0.760. The lowest BCUT2D eigenvalue weighted by molar-refractivity contribution is 0.0405. The first-order chi connectivity index (χ1) is 9.15. The van der Waals surface area contributed by atoms with Crippen molar-refractivity contribution in [2.45, 2.75) is 57.4 Å². The molecule has 1 saturated carbocycles. The summed E-state index contributed by atoms with van der Waals surface area (Å²) in [6.45, 7) is 3.94. The van der Waals surface area contributed by atoms with E-state index in [1.807, 2.05) is 0 Å². The molecule has 3 heteroatoms. The summed E-state index contributed by atoms with van der Waals surface area (Å²) in [7, 11) is 4.39. The van der Waals surface area contributed by atoms with Crippen molar-refractivity contribution < 1.29 is 5.11 Å². The summed E-state index contributed by atoms with van der Waals surface area (Å²) in [5.74, 6) is 0. The van der Waals surface area contributed by atoms with Crippen molar-refractivity contribution in [3.8, 4) is 0 Å². The Hall–Kier alpha value is -0.120. The Balaban J connectivity index is 1.85. The smallest absolute Gasteiger partial charge is 0.0499 e. The van der Waals surface area contributed by atoms with Gasteiger partial charge in [-0.15, -0.1) is 0 Å². The third-order valence-electron chi connectivity index (χ3n) is 5.35. The van der Waals surface area contributed by atoms with Crippen LogP contribution in [0.3, 0.4) is 0 Å². The maximum atomic E-state index is 9.90. The number of hydrogen-bond donors (Lipinski definition) is 1. The van der Waals surface area contributed by atoms with Crippen LogP contribution in [0.2, 0.25) is 0 Å². The molecule has 1 aliphatic carbocycles. The lowest BCUT2D eigenvalue weighted by Crippen LogP contribution is -2.47. The summed E-state index contributed by atoms with van der Waals surface area (Å²) in [5.41, 5.74) is 0.210. The van der Waals surface area contributed by atoms with Crippen LogP contribution in [-0.4, -0.2) is 61.3 Å². The van der Waals surface area contributed by atoms with Crippen LogP contribution in [0.4, 0.5) is 0 Å². The molecule has 0 atom stereocenters. The first-order valence-corrected chi connectivity index (χ1v) is 8.15. The third-order valence-corrected chi connectivity index (χ3v) is 5.35. The Morgan fingerprint density at radius 2 is 1.63 bits per heavy atom. The van der Waals surface area contributed by atoms with Crippen LogP contribution in [0.15, 0.2) is 0 Å². The fourth-order valence-corrected chi connectivity index (χ4v) is 3.91. The summed E-state index contributed by atoms with van der Waals surface area (Å²) in [5, 5.41) is 9.90. The maximum Gasteiger partial charge on any atom is 0.0499 e. The van der Waals surface area contributed by atoms with Crippen molar-refractivity contribution >= 4 is 0 Å². The van der Waals surface area contributed by atoms with Crippen LogP contribution in [0.1, 0.15) is 51.4 Å². The van der Waals surface area contributed by atoms with Gasteiger partial charge in [-0.2, -0.15) is 0 Å². The monoisotopic (exact) mass is 268 g/mol. The van der Waals surface area contributed by atoms with Gasteiger partial charge < -0.3 is 14.9 Å². The van der Waals surface area contributed by atoms with E-state index < -0.39 is 0 Å². The molecule has 0 amide bonds. The summed E-state index contributed by atoms with van der Waals surface area (Å²) in [6.07, 6.45) is 10.4. The zero-order chi connectivity index (χ0) is 13.7. The van der Waals surface area contributed by atoms with Crippen LogP contribution in [0.25, 0.3) is 0 Å². The van der Waals surface area contributed by atoms with Crippen molar-refractivity contribution in [1.29, 1.82) is 0 Å². The predicted molar refractivity (Wildman–Crippen MR) is 80.4 cm³/mol. The Labute approximate surface area is 119 Å². The molecule has 0 aromatic rings. The van der Waals surface area contributed by atoms with Gasteiger partial charge in [-0.1, -0.05) is 25.7 Å². The Kier molecular flexibility index (Phi) is 5.67. The average molecular weight is 268 g/mol. The van der Waals surface area contributed by atoms with Crippen LogP contribution >= 0.6 is 0 Å². The minimum absolute atomic E-state index is 0.210. The predicted octanol–water partition coefficient (Wildman–Crippen LogP) is 2.35. The largest absolute Gasteiger partial charge is 0.396 e. The summed E-state index contributed by atoms with van der Waals surface area (Å²) < 4.78 is 0. The van der Waals surface area contributed by atoms with Crippen molar-refractivity contribution in [2.75, 3.05) is 40.3 Å². The molecule has 0 unspecified atom stereocenters. The molecule has 19 heavy (non-hydrogen) atoms. The minimum Gasteiger partial charge on any atom is -0.396 e. The van der Waals surface area contributed by atoms with Gasteiger partial charge in [0.15, 0.2) is 0 Å². The number of aliphatic hydroxyl groups is 1. The minimum atomic E-state index is 0.210. The highest BCUT2D eigenvalue weighted by Gasteiger charge is 2.33. The van der Waals surface area contributed by atoms with Gasteiger partial charge in [-0.3, -0.25) is 0 Å². The molecule has 2 aliphatic rings. The highest BCUT2D eigenvalue weighted by atomic mass is 16.3. The number of likely N-dealkylation sites (tertiary alicyclic amines) is 1. The Morgan fingerprint density at radius 1 is 1.05 bits per heavy atom. The van der Waals surface area contributed by atoms with Gasteiger partial charge in [0.2, 0.25) is 0 Å². The van der Waals surface area contributed by atoms with E-state index in [0.29, 0.717) is 6.61 Å². The highest BCUT2D eigenvalue weighted by Crippen LogP contribution is 2.36. The van der Waals surface area contributed by atoms with Gasteiger partial charge in [-0.05, 0) is 52.9 Å². The van der Waals surface area contributed by atoms with Crippen LogP contribution in [0, 0.1) is 5.41 Å². The average Bonchev–Trinajstić information content (AvgIpc) is 2.65. The molecule has 0 aromatic heterocycles. The molecule has 1 aliphatic heterocycles. The second-order valence-corrected chi connectivity index (χ2v) is 7.04. The summed E-state index contributed by atoms with van der Waals surface area (Å²) in [4.78, 5) is 4.98. The molecule has 0 aromatic carbocycles. The quantitative estimate of drug-likeness (QED) is 0.793. The fourth-order valence-electron chi connectivity index (χ4n) is 3.91. The van der Waals surface area contributed by atoms with Gasteiger partial charge in [0.25, 0.3) is 0 Å². The molecule has 1 heterocycles. The van der Waals surface area contributed by atoms with E-state index in [9.17, 15) is 5.11 Å². The molecular formula is C16H32N2O. The van der Waals surface area contributed by atoms with Crippen molar-refractivity contribution in [3.63, 3.8) is 0 Å². The van der Waals surface area contributed by atoms with Gasteiger partial charge in [0, 0.05) is 24.6 Å². The van der Waals surface area contributed by atoms with Gasteiger partial charge in [0.05, 0.1) is 0 Å². The van der Waals surface area contributed by atoms with E-state index in [1.54, 1.807) is 0 Å². The van der Waals surface area contributed by atoms with E-state index in [4.69, 9.17) is 0 Å². The first-order valence-electron chi connectivity index (χ1n) is 8.15. The van der Waals surface area contributed by atoms with Gasteiger partial charge >= 0.3 is 0 Å². The Morgan fingerprint density at radius 3 is 2.11 bits per heavy atom. The van der Waals surface area contributed by atoms with Crippen LogP contribution in [-0.2, 0) is 0 Å². The second-order valence-electron chi connectivity index (χ2n) is 7.04. The number of nitrogens with zero attached hydrogens (tertiary/aromatic N) is 2. The molecule has 0 bridgehead atoms. The van der Waals surface area contributed by atoms with Crippen molar-refractivity contribution in [2.24, 2.45) is 5.41 Å². The first kappa shape index (κ1) is 15.3. The molecule has 1 saturated heterocycles. The SMILES string of the molecule is CN(C)C1CCN(CC2(CO)CCCCCC2)CC1. The number of rotatable bonds is 4. The van der Waals surface area contributed by atoms with Crippen LogP contribution < -0.4 is 0 Å². The lowest BCUT2D eigenvalue weighted by Gasteiger charge is -2.41. The number of aliphatic hydroxyl groups excluding tert-OH is 1. The molecular weight excluding hydrogens is 236 g/mol. The van der Waals surface area contributed by atoms with Crippen LogP contribution in [0.5, 0.6) is 0 Å². The van der Waals surface area contributed by atoms with E-state index >= 15 is 0 Å². The molecule has 112 valence electrons. The Bertz CT molecular complexity index is 251. The molecule has 3 nitrogen and oxygen atoms in total. The molecule has 0 spiro atoms. The zero-order valence-electron chi connectivity index (χ0n) is 12.9. The second kappa shape index (κ2) is 7.05. The van der Waals surface area contributed by atoms with Gasteiger partial charge in [-0.25, -0.2) is 0 Å². The third kappa shape index (κ3) is 4.17. The molecule has 1 N–H and O–H groups in total. The lowest BCUT2D eigenvalue weighted by atomic mass is 9.80. The van der Waals surface area contributed by atoms with E-state index in [-0.39, 0.29) is 5.41 Å². The van der Waals surface area contributed by atoms with Crippen molar-refractivity contribution in [1.82, 2.24) is 9.80 Å². The topological polar surface area (TPSA) is 26.7 Å². The normalized spacial score (nSPS) is 26.5. The van der Waals surface area contributed by atoms with E-state index in [2.05, 4.69) is 23.9 Å². The molecule has 0 radical (unpaired) electrons. The zero-order valence-corrected chi connectivity index (χ0v) is 12.9.